The molecule has 2 heterocycles. The van der Waals surface area contributed by atoms with E-state index in [1.54, 1.807) is 18.2 Å². The first-order valence-corrected chi connectivity index (χ1v) is 8.99. The third-order valence-corrected chi connectivity index (χ3v) is 4.53. The van der Waals surface area contributed by atoms with E-state index in [9.17, 15) is 9.59 Å². The predicted octanol–water partition coefficient (Wildman–Crippen LogP) is 1.87. The van der Waals surface area contributed by atoms with Gasteiger partial charge in [-0.05, 0) is 31.0 Å². The standard InChI is InChI=1S/C18H21ClN6O2/c1-24(2)13-7-5-6-12(10-13)16(26)22-23-17(27)15-14(19)11-20-18(21-15)25-8-3-4-9-25/h5-7,10-11H,3-4,8-9H2,1-2H3,(H,22,26)(H,23,27). The van der Waals surface area contributed by atoms with Gasteiger partial charge in [0, 0.05) is 38.4 Å². The van der Waals surface area contributed by atoms with Gasteiger partial charge in [-0.3, -0.25) is 20.4 Å². The largest absolute Gasteiger partial charge is 0.378 e. The molecule has 2 amide bonds. The topological polar surface area (TPSA) is 90.5 Å². The number of carbonyl (C=O) groups excluding carboxylic acids is 2. The number of hydrogen-bond donors (Lipinski definition) is 2. The lowest BCUT2D eigenvalue weighted by atomic mass is 10.2. The van der Waals surface area contributed by atoms with Gasteiger partial charge in [0.25, 0.3) is 11.8 Å². The second kappa shape index (κ2) is 8.22. The van der Waals surface area contributed by atoms with E-state index in [1.807, 2.05) is 30.0 Å². The number of nitrogens with one attached hydrogen (secondary N) is 2. The highest BCUT2D eigenvalue weighted by Crippen LogP contribution is 2.19. The first-order valence-electron chi connectivity index (χ1n) is 8.61. The maximum Gasteiger partial charge on any atom is 0.290 e. The van der Waals surface area contributed by atoms with Gasteiger partial charge in [-0.1, -0.05) is 17.7 Å². The number of halogens is 1. The Morgan fingerprint density at radius 1 is 1.15 bits per heavy atom. The van der Waals surface area contributed by atoms with Gasteiger partial charge in [0.2, 0.25) is 5.95 Å². The number of anilines is 2. The molecular formula is C18H21ClN6O2. The molecule has 1 fully saturated rings. The molecule has 1 aliphatic rings. The van der Waals surface area contributed by atoms with Gasteiger partial charge in [0.1, 0.15) is 0 Å². The fourth-order valence-electron chi connectivity index (χ4n) is 2.76. The average Bonchev–Trinajstić information content (AvgIpc) is 3.21. The molecule has 3 rings (SSSR count). The van der Waals surface area contributed by atoms with Crippen LogP contribution in [0.4, 0.5) is 11.6 Å². The minimum atomic E-state index is -0.597. The van der Waals surface area contributed by atoms with Crippen molar-refractivity contribution < 1.29 is 9.59 Å². The Bertz CT molecular complexity index is 851. The Morgan fingerprint density at radius 2 is 1.85 bits per heavy atom. The quantitative estimate of drug-likeness (QED) is 0.777. The summed E-state index contributed by atoms with van der Waals surface area (Å²) in [5.41, 5.74) is 6.08. The van der Waals surface area contributed by atoms with E-state index in [0.29, 0.717) is 11.5 Å². The van der Waals surface area contributed by atoms with Crippen LogP contribution in [0.3, 0.4) is 0 Å². The molecule has 0 bridgehead atoms. The average molecular weight is 389 g/mol. The number of amides is 2. The molecular weight excluding hydrogens is 368 g/mol. The Morgan fingerprint density at radius 3 is 2.56 bits per heavy atom. The van der Waals surface area contributed by atoms with E-state index >= 15 is 0 Å². The fraction of sp³-hybridized carbons (Fsp3) is 0.333. The summed E-state index contributed by atoms with van der Waals surface area (Å²) in [5, 5.41) is 0.124. The van der Waals surface area contributed by atoms with Gasteiger partial charge in [0.15, 0.2) is 5.69 Å². The summed E-state index contributed by atoms with van der Waals surface area (Å²) < 4.78 is 0. The minimum Gasteiger partial charge on any atom is -0.378 e. The highest BCUT2D eigenvalue weighted by atomic mass is 35.5. The molecule has 0 radical (unpaired) electrons. The zero-order valence-corrected chi connectivity index (χ0v) is 16.0. The maximum absolute atomic E-state index is 12.4. The van der Waals surface area contributed by atoms with Crippen LogP contribution in [0.5, 0.6) is 0 Å². The van der Waals surface area contributed by atoms with Crippen LogP contribution in [-0.4, -0.2) is 49.0 Å². The molecule has 0 aliphatic carbocycles. The molecule has 9 heteroatoms. The lowest BCUT2D eigenvalue weighted by Gasteiger charge is -2.16. The van der Waals surface area contributed by atoms with Gasteiger partial charge >= 0.3 is 0 Å². The number of hydrazine groups is 1. The summed E-state index contributed by atoms with van der Waals surface area (Å²) in [6, 6.07) is 7.05. The predicted molar refractivity (Wildman–Crippen MR) is 104 cm³/mol. The van der Waals surface area contributed by atoms with Gasteiger partial charge < -0.3 is 9.80 Å². The van der Waals surface area contributed by atoms with Gasteiger partial charge in [-0.25, -0.2) is 9.97 Å². The molecule has 1 aromatic heterocycles. The molecule has 1 saturated heterocycles. The first kappa shape index (κ1) is 18.9. The van der Waals surface area contributed by atoms with Crippen molar-refractivity contribution in [3.8, 4) is 0 Å². The molecule has 8 nitrogen and oxygen atoms in total. The van der Waals surface area contributed by atoms with Crippen molar-refractivity contribution in [2.75, 3.05) is 37.0 Å². The van der Waals surface area contributed by atoms with Crippen LogP contribution < -0.4 is 20.7 Å². The van der Waals surface area contributed by atoms with E-state index < -0.39 is 11.8 Å². The zero-order valence-electron chi connectivity index (χ0n) is 15.2. The van der Waals surface area contributed by atoms with Crippen LogP contribution in [0.25, 0.3) is 0 Å². The molecule has 27 heavy (non-hydrogen) atoms. The van der Waals surface area contributed by atoms with Gasteiger partial charge in [-0.15, -0.1) is 0 Å². The Hall–Kier alpha value is -2.87. The second-order valence-corrected chi connectivity index (χ2v) is 6.82. The van der Waals surface area contributed by atoms with E-state index in [1.165, 1.54) is 6.20 Å². The van der Waals surface area contributed by atoms with Gasteiger partial charge in [-0.2, -0.15) is 0 Å². The lowest BCUT2D eigenvalue weighted by Crippen LogP contribution is -2.42. The monoisotopic (exact) mass is 388 g/mol. The number of aromatic nitrogens is 2. The highest BCUT2D eigenvalue weighted by Gasteiger charge is 2.20. The van der Waals surface area contributed by atoms with Crippen LogP contribution in [-0.2, 0) is 0 Å². The molecule has 2 aromatic rings. The molecule has 142 valence electrons. The van der Waals surface area contributed by atoms with Crippen LogP contribution >= 0.6 is 11.6 Å². The first-order chi connectivity index (χ1) is 13.0. The molecule has 1 aromatic carbocycles. The fourth-order valence-corrected chi connectivity index (χ4v) is 2.93. The number of rotatable bonds is 4. The van der Waals surface area contributed by atoms with Crippen molar-refractivity contribution in [2.45, 2.75) is 12.8 Å². The molecule has 0 saturated carbocycles. The number of nitrogens with zero attached hydrogens (tertiary/aromatic N) is 4. The SMILES string of the molecule is CN(C)c1cccc(C(=O)NNC(=O)c2nc(N3CCCC3)ncc2Cl)c1. The zero-order chi connectivity index (χ0) is 19.4. The Kier molecular flexibility index (Phi) is 5.75. The third kappa shape index (κ3) is 4.46. The number of carbonyl (C=O) groups is 2. The summed E-state index contributed by atoms with van der Waals surface area (Å²) in [7, 11) is 3.77. The molecule has 0 unspecified atom stereocenters. The Labute approximate surface area is 162 Å². The molecule has 0 spiro atoms. The molecule has 2 N–H and O–H groups in total. The molecule has 1 aliphatic heterocycles. The third-order valence-electron chi connectivity index (χ3n) is 4.25. The van der Waals surface area contributed by atoms with Crippen LogP contribution in [0, 0.1) is 0 Å². The normalized spacial score (nSPS) is 13.4. The van der Waals surface area contributed by atoms with Gasteiger partial charge in [0.05, 0.1) is 11.2 Å². The maximum atomic E-state index is 12.4. The van der Waals surface area contributed by atoms with Crippen molar-refractivity contribution in [3.63, 3.8) is 0 Å². The lowest BCUT2D eigenvalue weighted by molar-refractivity contribution is 0.0844. The van der Waals surface area contributed by atoms with Crippen molar-refractivity contribution >= 4 is 35.1 Å². The minimum absolute atomic E-state index is 0.0240. The second-order valence-electron chi connectivity index (χ2n) is 6.41. The van der Waals surface area contributed by atoms with Crippen LogP contribution in [0.2, 0.25) is 5.02 Å². The van der Waals surface area contributed by atoms with Crippen molar-refractivity contribution in [1.82, 2.24) is 20.8 Å². The smallest absolute Gasteiger partial charge is 0.290 e. The van der Waals surface area contributed by atoms with Crippen molar-refractivity contribution in [1.29, 1.82) is 0 Å². The van der Waals surface area contributed by atoms with E-state index in [-0.39, 0.29) is 10.7 Å². The summed E-state index contributed by atoms with van der Waals surface area (Å²) in [6.45, 7) is 1.70. The van der Waals surface area contributed by atoms with E-state index in [0.717, 1.165) is 31.6 Å². The van der Waals surface area contributed by atoms with E-state index in [2.05, 4.69) is 20.8 Å². The summed E-state index contributed by atoms with van der Waals surface area (Å²) >= 11 is 6.06. The van der Waals surface area contributed by atoms with Crippen LogP contribution in [0.15, 0.2) is 30.5 Å². The van der Waals surface area contributed by atoms with Crippen LogP contribution in [0.1, 0.15) is 33.7 Å². The highest BCUT2D eigenvalue weighted by molar-refractivity contribution is 6.33. The Balaban J connectivity index is 1.67. The van der Waals surface area contributed by atoms with E-state index in [4.69, 9.17) is 11.6 Å². The van der Waals surface area contributed by atoms with Crippen molar-refractivity contribution in [3.05, 3.63) is 46.7 Å². The molecule has 0 atom stereocenters. The summed E-state index contributed by atoms with van der Waals surface area (Å²) in [5.74, 6) is -0.566. The number of benzene rings is 1. The summed E-state index contributed by atoms with van der Waals surface area (Å²) in [6.07, 6.45) is 3.53. The summed E-state index contributed by atoms with van der Waals surface area (Å²) in [4.78, 5) is 37.0. The number of hydrogen-bond acceptors (Lipinski definition) is 6. The van der Waals surface area contributed by atoms with Crippen molar-refractivity contribution in [2.24, 2.45) is 0 Å².